The number of sulfonamides is 1. The van der Waals surface area contributed by atoms with Gasteiger partial charge < -0.3 is 4.42 Å². The Morgan fingerprint density at radius 2 is 1.85 bits per heavy atom. The van der Waals surface area contributed by atoms with Crippen molar-refractivity contribution >= 4 is 21.1 Å². The topological polar surface area (TPSA) is 72.5 Å². The Balaban J connectivity index is 1.75. The van der Waals surface area contributed by atoms with Crippen LogP contribution in [0, 0.1) is 6.92 Å². The maximum Gasteiger partial charge on any atom is 0.419 e. The minimum Gasteiger partial charge on any atom is -0.408 e. The Bertz CT molecular complexity index is 1130. The van der Waals surface area contributed by atoms with Gasteiger partial charge in [0.15, 0.2) is 5.58 Å². The van der Waals surface area contributed by atoms with Crippen molar-refractivity contribution in [2.45, 2.75) is 30.7 Å². The van der Waals surface area contributed by atoms with E-state index in [1.165, 1.54) is 16.7 Å². The van der Waals surface area contributed by atoms with Gasteiger partial charge in [-0.25, -0.2) is 13.2 Å². The molecule has 1 fully saturated rings. The quantitative estimate of drug-likeness (QED) is 0.709. The summed E-state index contributed by atoms with van der Waals surface area (Å²) in [6, 6.07) is 12.4. The maximum absolute atomic E-state index is 13.2. The molecule has 0 aliphatic carbocycles. The highest BCUT2D eigenvalue weighted by atomic mass is 32.2. The van der Waals surface area contributed by atoms with Crippen molar-refractivity contribution in [1.82, 2.24) is 8.87 Å². The van der Waals surface area contributed by atoms with Gasteiger partial charge in [0.1, 0.15) is 0 Å². The number of rotatable bonds is 3. The second-order valence-electron chi connectivity index (χ2n) is 6.74. The highest BCUT2D eigenvalue weighted by Gasteiger charge is 2.36. The van der Waals surface area contributed by atoms with Crippen LogP contribution in [-0.4, -0.2) is 23.8 Å². The fourth-order valence-corrected chi connectivity index (χ4v) is 5.26. The molecule has 26 heavy (non-hydrogen) atoms. The number of aromatic nitrogens is 1. The van der Waals surface area contributed by atoms with Gasteiger partial charge in [-0.3, -0.25) is 4.57 Å². The zero-order valence-electron chi connectivity index (χ0n) is 14.7. The zero-order valence-corrected chi connectivity index (χ0v) is 15.5. The average Bonchev–Trinajstić information content (AvgIpc) is 3.21. The van der Waals surface area contributed by atoms with Gasteiger partial charge in [0.25, 0.3) is 0 Å². The predicted molar refractivity (Wildman–Crippen MR) is 98.5 cm³/mol. The summed E-state index contributed by atoms with van der Waals surface area (Å²) in [5, 5.41) is 0. The molecule has 1 saturated heterocycles. The summed E-state index contributed by atoms with van der Waals surface area (Å²) in [5.74, 6) is -0.506. The van der Waals surface area contributed by atoms with E-state index in [0.29, 0.717) is 12.1 Å². The maximum atomic E-state index is 13.2. The lowest BCUT2D eigenvalue weighted by Gasteiger charge is -2.24. The molecule has 7 heteroatoms. The van der Waals surface area contributed by atoms with E-state index in [4.69, 9.17) is 4.42 Å². The van der Waals surface area contributed by atoms with Crippen LogP contribution >= 0.6 is 0 Å². The number of fused-ring (bicyclic) bond motifs is 1. The van der Waals surface area contributed by atoms with E-state index in [-0.39, 0.29) is 16.5 Å². The van der Waals surface area contributed by atoms with E-state index in [9.17, 15) is 13.2 Å². The largest absolute Gasteiger partial charge is 0.419 e. The number of oxazole rings is 1. The Kier molecular flexibility index (Phi) is 4.00. The molecule has 2 aromatic carbocycles. The monoisotopic (exact) mass is 372 g/mol. The summed E-state index contributed by atoms with van der Waals surface area (Å²) in [6.45, 7) is 2.49. The van der Waals surface area contributed by atoms with Crippen molar-refractivity contribution in [3.8, 4) is 0 Å². The molecule has 3 aromatic rings. The molecule has 6 nitrogen and oxygen atoms in total. The summed E-state index contributed by atoms with van der Waals surface area (Å²) in [5.41, 5.74) is 3.00. The molecule has 1 aliphatic heterocycles. The average molecular weight is 372 g/mol. The van der Waals surface area contributed by atoms with Gasteiger partial charge in [0.05, 0.1) is 16.5 Å². The molecule has 0 bridgehead atoms. The van der Waals surface area contributed by atoms with E-state index in [1.807, 2.05) is 31.2 Å². The van der Waals surface area contributed by atoms with Gasteiger partial charge in [-0.15, -0.1) is 0 Å². The Morgan fingerprint density at radius 1 is 1.12 bits per heavy atom. The van der Waals surface area contributed by atoms with Crippen LogP contribution in [0.25, 0.3) is 11.1 Å². The summed E-state index contributed by atoms with van der Waals surface area (Å²) in [6.07, 6.45) is 1.62. The predicted octanol–water partition coefficient (Wildman–Crippen LogP) is 2.97. The van der Waals surface area contributed by atoms with Crippen LogP contribution in [0.2, 0.25) is 0 Å². The first-order valence-corrected chi connectivity index (χ1v) is 10.00. The summed E-state index contributed by atoms with van der Waals surface area (Å²) in [4.78, 5) is 11.8. The van der Waals surface area contributed by atoms with Gasteiger partial charge in [0.2, 0.25) is 10.0 Å². The number of hydrogen-bond donors (Lipinski definition) is 0. The molecule has 1 atom stereocenters. The third-order valence-corrected chi connectivity index (χ3v) is 6.94. The third kappa shape index (κ3) is 2.68. The van der Waals surface area contributed by atoms with E-state index in [0.717, 1.165) is 24.0 Å². The molecule has 4 rings (SSSR count). The van der Waals surface area contributed by atoms with Gasteiger partial charge in [0, 0.05) is 19.7 Å². The molecule has 0 saturated carbocycles. The van der Waals surface area contributed by atoms with Crippen LogP contribution in [-0.2, 0) is 17.1 Å². The number of nitrogens with zero attached hydrogens (tertiary/aromatic N) is 2. The molecule has 0 unspecified atom stereocenters. The lowest BCUT2D eigenvalue weighted by molar-refractivity contribution is 0.396. The van der Waals surface area contributed by atoms with Crippen molar-refractivity contribution < 1.29 is 12.8 Å². The Morgan fingerprint density at radius 3 is 2.58 bits per heavy atom. The molecule has 0 spiro atoms. The van der Waals surface area contributed by atoms with Crippen LogP contribution < -0.4 is 5.76 Å². The fraction of sp³-hybridized carbons (Fsp3) is 0.316. The molecule has 2 heterocycles. The normalized spacial score (nSPS) is 18.6. The van der Waals surface area contributed by atoms with Crippen molar-refractivity contribution in [3.63, 3.8) is 0 Å². The van der Waals surface area contributed by atoms with Crippen LogP contribution in [0.15, 0.2) is 56.6 Å². The van der Waals surface area contributed by atoms with Crippen molar-refractivity contribution in [2.75, 3.05) is 6.54 Å². The highest BCUT2D eigenvalue weighted by molar-refractivity contribution is 7.89. The first-order chi connectivity index (χ1) is 12.4. The van der Waals surface area contributed by atoms with Crippen LogP contribution in [0.4, 0.5) is 0 Å². The molecule has 0 amide bonds. The molecule has 1 aliphatic rings. The standard InChI is InChI=1S/C19H20N2O4S/c1-13-5-7-14(8-6-13)16-4-3-11-21(16)26(23,24)15-9-10-17-18(12-15)25-19(22)20(17)2/h5-10,12,16H,3-4,11H2,1-2H3/t16-/m0/s1. The lowest BCUT2D eigenvalue weighted by Crippen LogP contribution is -2.30. The molecular formula is C19H20N2O4S. The van der Waals surface area contributed by atoms with Gasteiger partial charge in [-0.05, 0) is 37.5 Å². The van der Waals surface area contributed by atoms with Crippen molar-refractivity contribution in [3.05, 3.63) is 64.1 Å². The fourth-order valence-electron chi connectivity index (χ4n) is 3.56. The van der Waals surface area contributed by atoms with E-state index in [2.05, 4.69) is 0 Å². The minimum atomic E-state index is -3.68. The smallest absolute Gasteiger partial charge is 0.408 e. The second kappa shape index (κ2) is 6.10. The first kappa shape index (κ1) is 17.1. The van der Waals surface area contributed by atoms with Crippen LogP contribution in [0.5, 0.6) is 0 Å². The second-order valence-corrected chi connectivity index (χ2v) is 8.63. The minimum absolute atomic E-state index is 0.151. The highest BCUT2D eigenvalue weighted by Crippen LogP contribution is 2.37. The molecule has 0 radical (unpaired) electrons. The van der Waals surface area contributed by atoms with E-state index >= 15 is 0 Å². The molecule has 136 valence electrons. The SMILES string of the molecule is Cc1ccc([C@@H]2CCCN2S(=O)(=O)c2ccc3c(c2)oc(=O)n3C)cc1. The van der Waals surface area contributed by atoms with Crippen LogP contribution in [0.1, 0.15) is 30.0 Å². The number of benzene rings is 2. The Labute approximate surface area is 151 Å². The number of aryl methyl sites for hydroxylation is 2. The molecule has 0 N–H and O–H groups in total. The Hall–Kier alpha value is -2.38. The summed E-state index contributed by atoms with van der Waals surface area (Å²) < 4.78 is 34.5. The lowest BCUT2D eigenvalue weighted by atomic mass is 10.0. The number of hydrogen-bond acceptors (Lipinski definition) is 4. The third-order valence-electron chi connectivity index (χ3n) is 5.04. The zero-order chi connectivity index (χ0) is 18.5. The van der Waals surface area contributed by atoms with Crippen molar-refractivity contribution in [1.29, 1.82) is 0 Å². The molecule has 1 aromatic heterocycles. The van der Waals surface area contributed by atoms with Gasteiger partial charge in [-0.1, -0.05) is 29.8 Å². The van der Waals surface area contributed by atoms with Gasteiger partial charge in [-0.2, -0.15) is 4.31 Å². The van der Waals surface area contributed by atoms with E-state index < -0.39 is 15.8 Å². The summed E-state index contributed by atoms with van der Waals surface area (Å²) >= 11 is 0. The summed E-state index contributed by atoms with van der Waals surface area (Å²) in [7, 11) is -2.09. The van der Waals surface area contributed by atoms with Crippen molar-refractivity contribution in [2.24, 2.45) is 7.05 Å². The first-order valence-electron chi connectivity index (χ1n) is 8.56. The van der Waals surface area contributed by atoms with Gasteiger partial charge >= 0.3 is 5.76 Å². The van der Waals surface area contributed by atoms with Crippen LogP contribution in [0.3, 0.4) is 0 Å². The molecular weight excluding hydrogens is 352 g/mol. The van der Waals surface area contributed by atoms with E-state index in [1.54, 1.807) is 17.4 Å².